The van der Waals surface area contributed by atoms with Gasteiger partial charge >= 0.3 is 0 Å². The molecule has 0 radical (unpaired) electrons. The molecule has 2 saturated heterocycles. The van der Waals surface area contributed by atoms with Crippen LogP contribution in [0.15, 0.2) is 0 Å². The number of piperidine rings is 2. The zero-order chi connectivity index (χ0) is 11.4. The van der Waals surface area contributed by atoms with Crippen LogP contribution in [-0.2, 0) is 4.74 Å². The molecular formula is C13H26N2O. The first-order chi connectivity index (χ1) is 7.78. The van der Waals surface area contributed by atoms with Crippen LogP contribution < -0.4 is 5.32 Å². The van der Waals surface area contributed by atoms with E-state index >= 15 is 0 Å². The van der Waals surface area contributed by atoms with Crippen LogP contribution >= 0.6 is 0 Å². The SMILES string of the molecule is COC1CCCN(CC2CCNC(C)C2)C1. The molecule has 3 heteroatoms. The first kappa shape index (κ1) is 12.3. The number of likely N-dealkylation sites (tertiary alicyclic amines) is 1. The number of nitrogens with one attached hydrogen (secondary N) is 1. The fraction of sp³-hybridized carbons (Fsp3) is 1.00. The number of methoxy groups -OCH3 is 1. The Morgan fingerprint density at radius 3 is 3.00 bits per heavy atom. The van der Waals surface area contributed by atoms with E-state index in [0.717, 1.165) is 12.5 Å². The van der Waals surface area contributed by atoms with E-state index in [2.05, 4.69) is 17.1 Å². The van der Waals surface area contributed by atoms with Crippen molar-refractivity contribution in [1.29, 1.82) is 0 Å². The first-order valence-corrected chi connectivity index (χ1v) is 6.76. The zero-order valence-corrected chi connectivity index (χ0v) is 10.7. The molecule has 2 fully saturated rings. The summed E-state index contributed by atoms with van der Waals surface area (Å²) >= 11 is 0. The molecule has 1 N–H and O–H groups in total. The Morgan fingerprint density at radius 2 is 2.25 bits per heavy atom. The molecule has 0 saturated carbocycles. The van der Waals surface area contributed by atoms with Crippen molar-refractivity contribution in [2.24, 2.45) is 5.92 Å². The summed E-state index contributed by atoms with van der Waals surface area (Å²) < 4.78 is 5.48. The summed E-state index contributed by atoms with van der Waals surface area (Å²) in [5.74, 6) is 0.895. The van der Waals surface area contributed by atoms with Crippen molar-refractivity contribution < 1.29 is 4.74 Å². The standard InChI is InChI=1S/C13H26N2O/c1-11-8-12(5-6-14-11)9-15-7-3-4-13(10-15)16-2/h11-14H,3-10H2,1-2H3. The third-order valence-electron chi connectivity index (χ3n) is 4.04. The predicted octanol–water partition coefficient (Wildman–Crippen LogP) is 1.49. The maximum atomic E-state index is 5.48. The van der Waals surface area contributed by atoms with E-state index in [1.165, 1.54) is 45.3 Å². The van der Waals surface area contributed by atoms with Crippen LogP contribution in [0.2, 0.25) is 0 Å². The second-order valence-corrected chi connectivity index (χ2v) is 5.51. The van der Waals surface area contributed by atoms with Gasteiger partial charge in [-0.15, -0.1) is 0 Å². The largest absolute Gasteiger partial charge is 0.380 e. The van der Waals surface area contributed by atoms with Crippen molar-refractivity contribution in [3.05, 3.63) is 0 Å². The molecule has 0 aliphatic carbocycles. The summed E-state index contributed by atoms with van der Waals surface area (Å²) in [6.07, 6.45) is 5.72. The molecule has 0 spiro atoms. The van der Waals surface area contributed by atoms with E-state index in [-0.39, 0.29) is 0 Å². The quantitative estimate of drug-likeness (QED) is 0.789. The van der Waals surface area contributed by atoms with Gasteiger partial charge < -0.3 is 15.0 Å². The van der Waals surface area contributed by atoms with Crippen LogP contribution in [0.25, 0.3) is 0 Å². The smallest absolute Gasteiger partial charge is 0.0698 e. The molecule has 0 aromatic rings. The van der Waals surface area contributed by atoms with Gasteiger partial charge in [0, 0.05) is 26.2 Å². The van der Waals surface area contributed by atoms with Gasteiger partial charge in [0.1, 0.15) is 0 Å². The van der Waals surface area contributed by atoms with Crippen LogP contribution in [0.4, 0.5) is 0 Å². The summed E-state index contributed by atoms with van der Waals surface area (Å²) in [5.41, 5.74) is 0. The van der Waals surface area contributed by atoms with Crippen molar-refractivity contribution in [2.75, 3.05) is 33.3 Å². The van der Waals surface area contributed by atoms with Gasteiger partial charge in [-0.05, 0) is 51.6 Å². The van der Waals surface area contributed by atoms with Crippen molar-refractivity contribution in [3.8, 4) is 0 Å². The van der Waals surface area contributed by atoms with Crippen LogP contribution in [0.3, 0.4) is 0 Å². The van der Waals surface area contributed by atoms with Crippen LogP contribution in [0.1, 0.15) is 32.6 Å². The molecule has 0 aromatic heterocycles. The van der Waals surface area contributed by atoms with Gasteiger partial charge in [-0.3, -0.25) is 0 Å². The minimum absolute atomic E-state index is 0.480. The Hall–Kier alpha value is -0.120. The average molecular weight is 226 g/mol. The minimum atomic E-state index is 0.480. The fourth-order valence-electron chi connectivity index (χ4n) is 3.14. The molecular weight excluding hydrogens is 200 g/mol. The summed E-state index contributed by atoms with van der Waals surface area (Å²) in [4.78, 5) is 2.61. The number of hydrogen-bond donors (Lipinski definition) is 1. The summed E-state index contributed by atoms with van der Waals surface area (Å²) in [6.45, 7) is 7.21. The lowest BCUT2D eigenvalue weighted by molar-refractivity contribution is 0.0232. The van der Waals surface area contributed by atoms with Crippen molar-refractivity contribution in [2.45, 2.75) is 44.8 Å². The van der Waals surface area contributed by atoms with Crippen LogP contribution in [-0.4, -0.2) is 50.3 Å². The topological polar surface area (TPSA) is 24.5 Å². The van der Waals surface area contributed by atoms with Gasteiger partial charge in [-0.2, -0.15) is 0 Å². The average Bonchev–Trinajstić information content (AvgIpc) is 2.29. The Labute approximate surface area is 99.5 Å². The molecule has 0 aromatic carbocycles. The summed E-state index contributed by atoms with van der Waals surface area (Å²) in [5, 5.41) is 3.53. The monoisotopic (exact) mass is 226 g/mol. The fourth-order valence-corrected chi connectivity index (χ4v) is 3.14. The molecule has 2 aliphatic heterocycles. The molecule has 2 heterocycles. The lowest BCUT2D eigenvalue weighted by Gasteiger charge is -2.36. The lowest BCUT2D eigenvalue weighted by Crippen LogP contribution is -2.45. The maximum absolute atomic E-state index is 5.48. The molecule has 0 amide bonds. The van der Waals surface area contributed by atoms with Crippen LogP contribution in [0.5, 0.6) is 0 Å². The highest BCUT2D eigenvalue weighted by Crippen LogP contribution is 2.20. The first-order valence-electron chi connectivity index (χ1n) is 6.76. The number of ether oxygens (including phenoxy) is 1. The van der Waals surface area contributed by atoms with E-state index in [1.807, 2.05) is 7.11 Å². The van der Waals surface area contributed by atoms with Gasteiger partial charge in [-0.25, -0.2) is 0 Å². The highest BCUT2D eigenvalue weighted by molar-refractivity contribution is 4.80. The Kier molecular flexibility index (Phi) is 4.62. The number of nitrogens with zero attached hydrogens (tertiary/aromatic N) is 1. The van der Waals surface area contributed by atoms with Gasteiger partial charge in [0.15, 0.2) is 0 Å². The molecule has 94 valence electrons. The molecule has 3 unspecified atom stereocenters. The Morgan fingerprint density at radius 1 is 1.38 bits per heavy atom. The normalized spacial score (nSPS) is 37.5. The summed E-state index contributed by atoms with van der Waals surface area (Å²) in [6, 6.07) is 0.710. The molecule has 2 rings (SSSR count). The van der Waals surface area contributed by atoms with E-state index in [9.17, 15) is 0 Å². The van der Waals surface area contributed by atoms with Crippen molar-refractivity contribution >= 4 is 0 Å². The number of hydrogen-bond acceptors (Lipinski definition) is 3. The van der Waals surface area contributed by atoms with Gasteiger partial charge in [0.25, 0.3) is 0 Å². The second-order valence-electron chi connectivity index (χ2n) is 5.51. The highest BCUT2D eigenvalue weighted by atomic mass is 16.5. The van der Waals surface area contributed by atoms with Gasteiger partial charge in [0.2, 0.25) is 0 Å². The summed E-state index contributed by atoms with van der Waals surface area (Å²) in [7, 11) is 1.85. The highest BCUT2D eigenvalue weighted by Gasteiger charge is 2.24. The molecule has 0 bridgehead atoms. The molecule has 16 heavy (non-hydrogen) atoms. The Bertz CT molecular complexity index is 210. The third-order valence-corrected chi connectivity index (χ3v) is 4.04. The molecule has 3 nitrogen and oxygen atoms in total. The molecule has 3 atom stereocenters. The van der Waals surface area contributed by atoms with E-state index in [1.54, 1.807) is 0 Å². The third kappa shape index (κ3) is 3.44. The number of rotatable bonds is 3. The Balaban J connectivity index is 1.75. The van der Waals surface area contributed by atoms with Crippen molar-refractivity contribution in [1.82, 2.24) is 10.2 Å². The van der Waals surface area contributed by atoms with Gasteiger partial charge in [-0.1, -0.05) is 0 Å². The minimum Gasteiger partial charge on any atom is -0.380 e. The van der Waals surface area contributed by atoms with E-state index in [4.69, 9.17) is 4.74 Å². The lowest BCUT2D eigenvalue weighted by atomic mass is 9.92. The maximum Gasteiger partial charge on any atom is 0.0698 e. The van der Waals surface area contributed by atoms with Gasteiger partial charge in [0.05, 0.1) is 6.10 Å². The van der Waals surface area contributed by atoms with E-state index < -0.39 is 0 Å². The predicted molar refractivity (Wildman–Crippen MR) is 66.7 cm³/mol. The second kappa shape index (κ2) is 5.99. The van der Waals surface area contributed by atoms with Crippen molar-refractivity contribution in [3.63, 3.8) is 0 Å². The molecule has 2 aliphatic rings. The van der Waals surface area contributed by atoms with Crippen LogP contribution in [0, 0.1) is 5.92 Å². The zero-order valence-electron chi connectivity index (χ0n) is 10.7. The van der Waals surface area contributed by atoms with E-state index in [0.29, 0.717) is 12.1 Å².